The van der Waals surface area contributed by atoms with Gasteiger partial charge in [0.25, 0.3) is 0 Å². The van der Waals surface area contributed by atoms with Crippen molar-refractivity contribution >= 4 is 11.6 Å². The number of carbonyl (C=O) groups excluding carboxylic acids is 1. The van der Waals surface area contributed by atoms with Crippen molar-refractivity contribution < 1.29 is 9.90 Å². The first kappa shape index (κ1) is 16.5. The number of aliphatic hydroxyl groups is 1. The summed E-state index contributed by atoms with van der Waals surface area (Å²) in [5, 5.41) is 21.3. The fraction of sp³-hybridized carbons (Fsp3) is 0.529. The monoisotopic (exact) mass is 301 g/mol. The number of benzene rings is 1. The molecule has 1 saturated heterocycles. The van der Waals surface area contributed by atoms with E-state index < -0.39 is 0 Å². The first-order valence-electron chi connectivity index (χ1n) is 7.79. The van der Waals surface area contributed by atoms with E-state index in [9.17, 15) is 9.90 Å². The summed E-state index contributed by atoms with van der Waals surface area (Å²) in [7, 11) is 0. The van der Waals surface area contributed by atoms with Crippen molar-refractivity contribution in [3.63, 3.8) is 0 Å². The molecule has 1 fully saturated rings. The summed E-state index contributed by atoms with van der Waals surface area (Å²) < 4.78 is 0. The Labute approximate surface area is 131 Å². The van der Waals surface area contributed by atoms with Crippen LogP contribution in [0.15, 0.2) is 24.3 Å². The Kier molecular flexibility index (Phi) is 5.93. The number of nitrogens with zero attached hydrogens (tertiary/aromatic N) is 2. The van der Waals surface area contributed by atoms with E-state index in [1.54, 1.807) is 24.3 Å². The van der Waals surface area contributed by atoms with E-state index in [-0.39, 0.29) is 12.0 Å². The van der Waals surface area contributed by atoms with E-state index in [0.29, 0.717) is 30.1 Å². The van der Waals surface area contributed by atoms with Gasteiger partial charge in [-0.25, -0.2) is 0 Å². The van der Waals surface area contributed by atoms with Crippen molar-refractivity contribution in [1.29, 1.82) is 5.26 Å². The molecule has 2 rings (SSSR count). The third kappa shape index (κ3) is 4.83. The first-order chi connectivity index (χ1) is 10.6. The topological polar surface area (TPSA) is 76.4 Å². The molecule has 0 saturated carbocycles. The van der Waals surface area contributed by atoms with Gasteiger partial charge in [0, 0.05) is 25.2 Å². The van der Waals surface area contributed by atoms with Crippen molar-refractivity contribution in [1.82, 2.24) is 4.90 Å². The van der Waals surface area contributed by atoms with Gasteiger partial charge in [0.05, 0.1) is 17.7 Å². The summed E-state index contributed by atoms with van der Waals surface area (Å²) in [4.78, 5) is 14.2. The van der Waals surface area contributed by atoms with Crippen LogP contribution in [0.25, 0.3) is 0 Å². The van der Waals surface area contributed by atoms with E-state index in [1.165, 1.54) is 0 Å². The third-order valence-electron chi connectivity index (χ3n) is 4.18. The highest BCUT2D eigenvalue weighted by Crippen LogP contribution is 2.19. The molecule has 1 aliphatic rings. The molecule has 1 aromatic carbocycles. The lowest BCUT2D eigenvalue weighted by Gasteiger charge is -2.33. The molecule has 0 bridgehead atoms. The van der Waals surface area contributed by atoms with Gasteiger partial charge in [-0.2, -0.15) is 5.26 Å². The van der Waals surface area contributed by atoms with Crippen LogP contribution in [0, 0.1) is 17.2 Å². The molecule has 0 spiro atoms. The predicted molar refractivity (Wildman–Crippen MR) is 85.2 cm³/mol. The number of nitriles is 1. The molecule has 1 aliphatic heterocycles. The van der Waals surface area contributed by atoms with Crippen molar-refractivity contribution in [3.8, 4) is 6.07 Å². The van der Waals surface area contributed by atoms with Crippen LogP contribution in [0.4, 0.5) is 5.69 Å². The summed E-state index contributed by atoms with van der Waals surface area (Å²) in [6.45, 7) is 4.41. The minimum atomic E-state index is -0.282. The van der Waals surface area contributed by atoms with Gasteiger partial charge in [0.2, 0.25) is 5.91 Å². The molecule has 0 radical (unpaired) electrons. The van der Waals surface area contributed by atoms with Gasteiger partial charge in [-0.05, 0) is 56.5 Å². The lowest BCUT2D eigenvalue weighted by atomic mass is 9.93. The molecule has 118 valence electrons. The number of piperidine rings is 1. The zero-order chi connectivity index (χ0) is 15.9. The van der Waals surface area contributed by atoms with E-state index in [4.69, 9.17) is 5.26 Å². The normalized spacial score (nSPS) is 20.1. The van der Waals surface area contributed by atoms with Crippen LogP contribution < -0.4 is 5.32 Å². The van der Waals surface area contributed by atoms with Gasteiger partial charge in [0.15, 0.2) is 0 Å². The van der Waals surface area contributed by atoms with E-state index in [2.05, 4.69) is 10.2 Å². The zero-order valence-corrected chi connectivity index (χ0v) is 13.0. The Morgan fingerprint density at radius 1 is 1.50 bits per heavy atom. The number of likely N-dealkylation sites (tertiary alicyclic amines) is 1. The highest BCUT2D eigenvalue weighted by Gasteiger charge is 2.23. The second-order valence-electron chi connectivity index (χ2n) is 5.93. The summed E-state index contributed by atoms with van der Waals surface area (Å²) in [6, 6.07) is 8.90. The van der Waals surface area contributed by atoms with Crippen molar-refractivity contribution in [3.05, 3.63) is 29.8 Å². The number of hydrogen-bond acceptors (Lipinski definition) is 4. The van der Waals surface area contributed by atoms with E-state index in [0.717, 1.165) is 25.9 Å². The van der Waals surface area contributed by atoms with Crippen molar-refractivity contribution in [2.24, 2.45) is 5.92 Å². The largest absolute Gasteiger partial charge is 0.393 e. The average Bonchev–Trinajstić information content (AvgIpc) is 2.54. The fourth-order valence-electron chi connectivity index (χ4n) is 2.80. The molecule has 1 amide bonds. The van der Waals surface area contributed by atoms with Crippen LogP contribution in [0.2, 0.25) is 0 Å². The quantitative estimate of drug-likeness (QED) is 0.872. The maximum absolute atomic E-state index is 12.0. The molecule has 1 aromatic rings. The number of rotatable bonds is 5. The first-order valence-corrected chi connectivity index (χ1v) is 7.79. The van der Waals surface area contributed by atoms with Gasteiger partial charge in [-0.1, -0.05) is 0 Å². The molecular weight excluding hydrogens is 278 g/mol. The Bertz CT molecular complexity index is 534. The van der Waals surface area contributed by atoms with Gasteiger partial charge in [0.1, 0.15) is 0 Å². The fourth-order valence-corrected chi connectivity index (χ4v) is 2.80. The minimum Gasteiger partial charge on any atom is -0.393 e. The predicted octanol–water partition coefficient (Wildman–Crippen LogP) is 1.98. The molecule has 5 heteroatoms. The molecule has 0 aromatic heterocycles. The highest BCUT2D eigenvalue weighted by molar-refractivity contribution is 5.90. The zero-order valence-electron chi connectivity index (χ0n) is 13.0. The van der Waals surface area contributed by atoms with Gasteiger partial charge >= 0.3 is 0 Å². The maximum Gasteiger partial charge on any atom is 0.225 e. The lowest BCUT2D eigenvalue weighted by Crippen LogP contribution is -2.40. The smallest absolute Gasteiger partial charge is 0.225 e. The molecule has 5 nitrogen and oxygen atoms in total. The SMILES string of the molecule is CC(O)C1CCCN(CCC(=O)Nc2ccc(C#N)cc2)C1. The van der Waals surface area contributed by atoms with Crippen molar-refractivity contribution in [2.75, 3.05) is 25.0 Å². The molecule has 0 aliphatic carbocycles. The van der Waals surface area contributed by atoms with Crippen LogP contribution in [-0.4, -0.2) is 41.7 Å². The Morgan fingerprint density at radius 2 is 2.23 bits per heavy atom. The summed E-state index contributed by atoms with van der Waals surface area (Å²) in [6.07, 6.45) is 2.29. The van der Waals surface area contributed by atoms with E-state index >= 15 is 0 Å². The highest BCUT2D eigenvalue weighted by atomic mass is 16.3. The maximum atomic E-state index is 12.0. The van der Waals surface area contributed by atoms with Crippen LogP contribution in [0.3, 0.4) is 0 Å². The summed E-state index contributed by atoms with van der Waals surface area (Å²) in [5.74, 6) is 0.291. The second kappa shape index (κ2) is 7.92. The molecule has 2 N–H and O–H groups in total. The van der Waals surface area contributed by atoms with Gasteiger partial charge in [-0.15, -0.1) is 0 Å². The minimum absolute atomic E-state index is 0.0242. The van der Waals surface area contributed by atoms with Crippen LogP contribution in [-0.2, 0) is 4.79 Å². The van der Waals surface area contributed by atoms with Crippen molar-refractivity contribution in [2.45, 2.75) is 32.3 Å². The van der Waals surface area contributed by atoms with Crippen LogP contribution in [0.5, 0.6) is 0 Å². The Hall–Kier alpha value is -1.90. The molecule has 2 atom stereocenters. The molecular formula is C17H23N3O2. The molecule has 1 heterocycles. The number of amides is 1. The number of carbonyl (C=O) groups is 1. The number of hydrogen-bond donors (Lipinski definition) is 2. The average molecular weight is 301 g/mol. The third-order valence-corrected chi connectivity index (χ3v) is 4.18. The number of anilines is 1. The molecule has 2 unspecified atom stereocenters. The van der Waals surface area contributed by atoms with Crippen LogP contribution >= 0.6 is 0 Å². The van der Waals surface area contributed by atoms with Gasteiger partial charge in [-0.3, -0.25) is 4.79 Å². The second-order valence-corrected chi connectivity index (χ2v) is 5.93. The standard InChI is InChI=1S/C17H23N3O2/c1-13(21)15-3-2-9-20(12-15)10-8-17(22)19-16-6-4-14(11-18)5-7-16/h4-7,13,15,21H,2-3,8-10,12H2,1H3,(H,19,22). The van der Waals surface area contributed by atoms with Crippen LogP contribution in [0.1, 0.15) is 31.7 Å². The Balaban J connectivity index is 1.76. The van der Waals surface area contributed by atoms with E-state index in [1.807, 2.05) is 13.0 Å². The Morgan fingerprint density at radius 3 is 2.86 bits per heavy atom. The summed E-state index contributed by atoms with van der Waals surface area (Å²) >= 11 is 0. The van der Waals surface area contributed by atoms with Gasteiger partial charge < -0.3 is 15.3 Å². The lowest BCUT2D eigenvalue weighted by molar-refractivity contribution is -0.116. The summed E-state index contributed by atoms with van der Waals surface area (Å²) in [5.41, 5.74) is 1.29. The molecule has 22 heavy (non-hydrogen) atoms. The number of nitrogens with one attached hydrogen (secondary N) is 1. The number of aliphatic hydroxyl groups excluding tert-OH is 1.